The summed E-state index contributed by atoms with van der Waals surface area (Å²) in [4.78, 5) is 4.33. The molecule has 0 radical (unpaired) electrons. The van der Waals surface area contributed by atoms with Crippen molar-refractivity contribution in [3.8, 4) is 10.6 Å². The summed E-state index contributed by atoms with van der Waals surface area (Å²) < 4.78 is 0. The maximum absolute atomic E-state index is 8.91. The van der Waals surface area contributed by atoms with Crippen LogP contribution in [0.2, 0.25) is 0 Å². The average Bonchev–Trinajstić information content (AvgIpc) is 2.67. The van der Waals surface area contributed by atoms with E-state index in [9.17, 15) is 0 Å². The summed E-state index contributed by atoms with van der Waals surface area (Å²) in [7, 11) is 0. The van der Waals surface area contributed by atoms with Crippen LogP contribution in [0.5, 0.6) is 0 Å². The van der Waals surface area contributed by atoms with Crippen LogP contribution in [0.3, 0.4) is 0 Å². The topological polar surface area (TPSA) is 33.1 Å². The van der Waals surface area contributed by atoms with Gasteiger partial charge in [0.15, 0.2) is 0 Å². The molecule has 0 amide bonds. The predicted octanol–water partition coefficient (Wildman–Crippen LogP) is 2.61. The Morgan fingerprint density at radius 3 is 2.79 bits per heavy atom. The normalized spacial score (nSPS) is 10.4. The third-order valence-electron chi connectivity index (χ3n) is 2.09. The second kappa shape index (κ2) is 3.90. The largest absolute Gasteiger partial charge is 0.390 e. The zero-order chi connectivity index (χ0) is 9.97. The van der Waals surface area contributed by atoms with Gasteiger partial charge in [0, 0.05) is 10.9 Å². The summed E-state index contributed by atoms with van der Waals surface area (Å²) >= 11 is 1.57. The second-order valence-electron chi connectivity index (χ2n) is 3.12. The number of aliphatic hydroxyl groups is 1. The molecule has 14 heavy (non-hydrogen) atoms. The summed E-state index contributed by atoms with van der Waals surface area (Å²) in [6, 6.07) is 8.13. The maximum atomic E-state index is 8.91. The Morgan fingerprint density at radius 1 is 1.36 bits per heavy atom. The fourth-order valence-electron chi connectivity index (χ4n) is 1.32. The van der Waals surface area contributed by atoms with Crippen molar-refractivity contribution in [1.82, 2.24) is 4.98 Å². The molecule has 0 unspecified atom stereocenters. The standard InChI is InChI=1S/C11H11NOS/c1-8-4-2-3-5-10(8)11-12-9(6-13)7-14-11/h2-5,7,13H,6H2,1H3. The molecule has 0 aliphatic rings. The van der Waals surface area contributed by atoms with E-state index in [0.717, 1.165) is 16.3 Å². The molecule has 0 atom stereocenters. The van der Waals surface area contributed by atoms with E-state index in [2.05, 4.69) is 24.0 Å². The van der Waals surface area contributed by atoms with Crippen molar-refractivity contribution >= 4 is 11.3 Å². The van der Waals surface area contributed by atoms with Crippen molar-refractivity contribution in [2.75, 3.05) is 0 Å². The highest BCUT2D eigenvalue weighted by molar-refractivity contribution is 7.13. The van der Waals surface area contributed by atoms with Crippen molar-refractivity contribution in [1.29, 1.82) is 0 Å². The van der Waals surface area contributed by atoms with Crippen molar-refractivity contribution in [2.24, 2.45) is 0 Å². The molecule has 1 aromatic heterocycles. The summed E-state index contributed by atoms with van der Waals surface area (Å²) in [6.07, 6.45) is 0. The fourth-order valence-corrected chi connectivity index (χ4v) is 2.22. The Labute approximate surface area is 86.9 Å². The van der Waals surface area contributed by atoms with Crippen LogP contribution in [-0.2, 0) is 6.61 Å². The number of aryl methyl sites for hydroxylation is 1. The smallest absolute Gasteiger partial charge is 0.123 e. The first-order valence-corrected chi connectivity index (χ1v) is 5.30. The van der Waals surface area contributed by atoms with Gasteiger partial charge in [-0.1, -0.05) is 24.3 Å². The van der Waals surface area contributed by atoms with E-state index < -0.39 is 0 Å². The molecule has 0 fully saturated rings. The maximum Gasteiger partial charge on any atom is 0.123 e. The molecule has 0 bridgehead atoms. The molecule has 2 aromatic rings. The molecule has 0 aliphatic heterocycles. The van der Waals surface area contributed by atoms with Crippen LogP contribution in [0.1, 0.15) is 11.3 Å². The first-order valence-electron chi connectivity index (χ1n) is 4.42. The number of hydrogen-bond acceptors (Lipinski definition) is 3. The molecule has 0 spiro atoms. The highest BCUT2D eigenvalue weighted by atomic mass is 32.1. The van der Waals surface area contributed by atoms with Gasteiger partial charge >= 0.3 is 0 Å². The van der Waals surface area contributed by atoms with Gasteiger partial charge in [-0.25, -0.2) is 4.98 Å². The predicted molar refractivity (Wildman–Crippen MR) is 58.2 cm³/mol. The van der Waals surface area contributed by atoms with Gasteiger partial charge in [0.1, 0.15) is 5.01 Å². The molecule has 1 heterocycles. The summed E-state index contributed by atoms with van der Waals surface area (Å²) in [6.45, 7) is 2.08. The Balaban J connectivity index is 2.44. The zero-order valence-corrected chi connectivity index (χ0v) is 8.71. The van der Waals surface area contributed by atoms with Gasteiger partial charge in [0.25, 0.3) is 0 Å². The second-order valence-corrected chi connectivity index (χ2v) is 3.98. The van der Waals surface area contributed by atoms with E-state index in [0.29, 0.717) is 0 Å². The summed E-state index contributed by atoms with van der Waals surface area (Å²) in [5.41, 5.74) is 3.11. The lowest BCUT2D eigenvalue weighted by molar-refractivity contribution is 0.278. The quantitative estimate of drug-likeness (QED) is 0.817. The number of nitrogens with zero attached hydrogens (tertiary/aromatic N) is 1. The van der Waals surface area contributed by atoms with E-state index in [1.54, 1.807) is 11.3 Å². The number of thiazole rings is 1. The minimum absolute atomic E-state index is 0.0163. The Morgan fingerprint density at radius 2 is 2.14 bits per heavy atom. The first kappa shape index (κ1) is 9.37. The van der Waals surface area contributed by atoms with Crippen LogP contribution < -0.4 is 0 Å². The minimum atomic E-state index is 0.0163. The van der Waals surface area contributed by atoms with E-state index in [4.69, 9.17) is 5.11 Å². The van der Waals surface area contributed by atoms with Crippen LogP contribution in [0.15, 0.2) is 29.6 Å². The van der Waals surface area contributed by atoms with Crippen LogP contribution >= 0.6 is 11.3 Å². The Bertz CT molecular complexity index is 436. The highest BCUT2D eigenvalue weighted by Gasteiger charge is 2.05. The minimum Gasteiger partial charge on any atom is -0.390 e. The van der Waals surface area contributed by atoms with Crippen LogP contribution in [0.25, 0.3) is 10.6 Å². The molecule has 2 nitrogen and oxygen atoms in total. The van der Waals surface area contributed by atoms with E-state index >= 15 is 0 Å². The molecule has 2 rings (SSSR count). The summed E-state index contributed by atoms with van der Waals surface area (Å²) in [5, 5.41) is 11.8. The van der Waals surface area contributed by atoms with Gasteiger partial charge in [0.05, 0.1) is 12.3 Å². The molecule has 1 N–H and O–H groups in total. The van der Waals surface area contributed by atoms with Gasteiger partial charge in [-0.15, -0.1) is 11.3 Å². The number of aromatic nitrogens is 1. The fraction of sp³-hybridized carbons (Fsp3) is 0.182. The van der Waals surface area contributed by atoms with Gasteiger partial charge in [-0.3, -0.25) is 0 Å². The van der Waals surface area contributed by atoms with Crippen molar-refractivity contribution in [2.45, 2.75) is 13.5 Å². The Kier molecular flexibility index (Phi) is 2.61. The molecule has 0 saturated carbocycles. The van der Waals surface area contributed by atoms with Crippen LogP contribution in [-0.4, -0.2) is 10.1 Å². The van der Waals surface area contributed by atoms with E-state index in [1.165, 1.54) is 5.56 Å². The third kappa shape index (κ3) is 1.69. The third-order valence-corrected chi connectivity index (χ3v) is 3.01. The number of benzene rings is 1. The highest BCUT2D eigenvalue weighted by Crippen LogP contribution is 2.26. The lowest BCUT2D eigenvalue weighted by atomic mass is 10.1. The molecule has 0 aliphatic carbocycles. The SMILES string of the molecule is Cc1ccccc1-c1nc(CO)cs1. The van der Waals surface area contributed by atoms with Gasteiger partial charge in [0.2, 0.25) is 0 Å². The van der Waals surface area contributed by atoms with E-state index in [-0.39, 0.29) is 6.61 Å². The van der Waals surface area contributed by atoms with Gasteiger partial charge in [-0.05, 0) is 12.5 Å². The lowest BCUT2D eigenvalue weighted by Crippen LogP contribution is -1.84. The molecular weight excluding hydrogens is 194 g/mol. The summed E-state index contributed by atoms with van der Waals surface area (Å²) in [5.74, 6) is 0. The lowest BCUT2D eigenvalue weighted by Gasteiger charge is -1.99. The van der Waals surface area contributed by atoms with Crippen molar-refractivity contribution in [3.63, 3.8) is 0 Å². The van der Waals surface area contributed by atoms with Gasteiger partial charge < -0.3 is 5.11 Å². The molecule has 0 saturated heterocycles. The van der Waals surface area contributed by atoms with Gasteiger partial charge in [-0.2, -0.15) is 0 Å². The van der Waals surface area contributed by atoms with Crippen molar-refractivity contribution in [3.05, 3.63) is 40.9 Å². The zero-order valence-electron chi connectivity index (χ0n) is 7.90. The number of aliphatic hydroxyl groups excluding tert-OH is 1. The van der Waals surface area contributed by atoms with E-state index in [1.807, 2.05) is 17.5 Å². The monoisotopic (exact) mass is 205 g/mol. The number of hydrogen-bond donors (Lipinski definition) is 1. The molecule has 72 valence electrons. The van der Waals surface area contributed by atoms with Crippen LogP contribution in [0.4, 0.5) is 0 Å². The number of rotatable bonds is 2. The molecule has 3 heteroatoms. The average molecular weight is 205 g/mol. The first-order chi connectivity index (χ1) is 6.81. The molecule has 1 aromatic carbocycles. The Hall–Kier alpha value is -1.19. The molecular formula is C11H11NOS. The van der Waals surface area contributed by atoms with Crippen LogP contribution in [0, 0.1) is 6.92 Å². The van der Waals surface area contributed by atoms with Crippen molar-refractivity contribution < 1.29 is 5.11 Å².